The van der Waals surface area contributed by atoms with Crippen molar-refractivity contribution < 1.29 is 14.3 Å². The Hall–Kier alpha value is -2.82. The number of benzene rings is 2. The van der Waals surface area contributed by atoms with Crippen molar-refractivity contribution in [1.29, 1.82) is 0 Å². The highest BCUT2D eigenvalue weighted by molar-refractivity contribution is 6.04. The number of hydrogen-bond acceptors (Lipinski definition) is 3. The van der Waals surface area contributed by atoms with E-state index < -0.39 is 0 Å². The third-order valence-electron chi connectivity index (χ3n) is 5.45. The first kappa shape index (κ1) is 20.9. The Kier molecular flexibility index (Phi) is 6.26. The molecule has 0 spiro atoms. The molecule has 1 fully saturated rings. The number of ether oxygens (including phenoxy) is 1. The maximum atomic E-state index is 12.9. The lowest BCUT2D eigenvalue weighted by Gasteiger charge is -2.20. The number of amides is 2. The molecule has 0 aromatic heterocycles. The van der Waals surface area contributed by atoms with Crippen LogP contribution in [0.1, 0.15) is 57.1 Å². The van der Waals surface area contributed by atoms with E-state index in [9.17, 15) is 9.59 Å². The summed E-state index contributed by atoms with van der Waals surface area (Å²) in [4.78, 5) is 25.5. The zero-order valence-electron chi connectivity index (χ0n) is 17.8. The number of para-hydroxylation sites is 3. The monoisotopic (exact) mass is 394 g/mol. The van der Waals surface area contributed by atoms with Crippen LogP contribution in [0.4, 0.5) is 11.4 Å². The standard InChI is InChI=1S/C24H30N2O3/c1-14(2)16-9-8-10-17(15(3)4)22(16)26-24(28)19-13-18(19)23(27)25-20-11-6-7-12-21(20)29-5/h6-12,14-15,18-19H,13H2,1-5H3,(H,25,27)(H,26,28). The maximum absolute atomic E-state index is 12.9. The van der Waals surface area contributed by atoms with Crippen LogP contribution < -0.4 is 15.4 Å². The van der Waals surface area contributed by atoms with Gasteiger partial charge in [-0.25, -0.2) is 0 Å². The van der Waals surface area contributed by atoms with Crippen molar-refractivity contribution in [2.75, 3.05) is 17.7 Å². The third kappa shape index (κ3) is 4.61. The van der Waals surface area contributed by atoms with E-state index in [4.69, 9.17) is 4.74 Å². The molecular formula is C24H30N2O3. The summed E-state index contributed by atoms with van der Waals surface area (Å²) in [5, 5.41) is 6.02. The number of anilines is 2. The Balaban J connectivity index is 1.70. The summed E-state index contributed by atoms with van der Waals surface area (Å²) in [6.07, 6.45) is 0.563. The normalized spacial score (nSPS) is 17.9. The Labute approximate surface area is 172 Å². The Morgan fingerprint density at radius 1 is 0.862 bits per heavy atom. The van der Waals surface area contributed by atoms with Gasteiger partial charge in [0.05, 0.1) is 24.6 Å². The average molecular weight is 395 g/mol. The van der Waals surface area contributed by atoms with Crippen LogP contribution in [0.3, 0.4) is 0 Å². The molecule has 0 heterocycles. The smallest absolute Gasteiger partial charge is 0.228 e. The van der Waals surface area contributed by atoms with E-state index in [1.54, 1.807) is 19.2 Å². The minimum absolute atomic E-state index is 0.0832. The van der Waals surface area contributed by atoms with Crippen molar-refractivity contribution >= 4 is 23.2 Å². The molecule has 2 unspecified atom stereocenters. The van der Waals surface area contributed by atoms with Crippen LogP contribution in [0.25, 0.3) is 0 Å². The number of carbonyl (C=O) groups excluding carboxylic acids is 2. The van der Waals surface area contributed by atoms with Gasteiger partial charge in [0.15, 0.2) is 0 Å². The quantitative estimate of drug-likeness (QED) is 0.682. The molecule has 1 aliphatic rings. The van der Waals surface area contributed by atoms with Crippen LogP contribution >= 0.6 is 0 Å². The van der Waals surface area contributed by atoms with Crippen LogP contribution in [0.2, 0.25) is 0 Å². The van der Waals surface area contributed by atoms with E-state index in [1.165, 1.54) is 0 Å². The van der Waals surface area contributed by atoms with Crippen molar-refractivity contribution in [3.8, 4) is 5.75 Å². The average Bonchev–Trinajstić information content (AvgIpc) is 3.49. The summed E-state index contributed by atoms with van der Waals surface area (Å²) in [6.45, 7) is 8.48. The molecule has 154 valence electrons. The first-order valence-electron chi connectivity index (χ1n) is 10.2. The van der Waals surface area contributed by atoms with E-state index in [2.05, 4.69) is 50.5 Å². The second kappa shape index (κ2) is 8.68. The predicted molar refractivity (Wildman–Crippen MR) is 116 cm³/mol. The molecule has 2 amide bonds. The molecule has 3 rings (SSSR count). The summed E-state index contributed by atoms with van der Waals surface area (Å²) < 4.78 is 5.28. The van der Waals surface area contributed by atoms with E-state index in [0.717, 1.165) is 16.8 Å². The van der Waals surface area contributed by atoms with Gasteiger partial charge in [-0.15, -0.1) is 0 Å². The van der Waals surface area contributed by atoms with Gasteiger partial charge in [-0.2, -0.15) is 0 Å². The van der Waals surface area contributed by atoms with Gasteiger partial charge in [-0.3, -0.25) is 9.59 Å². The molecule has 2 atom stereocenters. The minimum atomic E-state index is -0.311. The first-order valence-corrected chi connectivity index (χ1v) is 10.2. The number of rotatable bonds is 7. The third-order valence-corrected chi connectivity index (χ3v) is 5.45. The SMILES string of the molecule is COc1ccccc1NC(=O)C1CC1C(=O)Nc1c(C(C)C)cccc1C(C)C. The highest BCUT2D eigenvalue weighted by Gasteiger charge is 2.48. The van der Waals surface area contributed by atoms with Crippen LogP contribution in [0, 0.1) is 11.8 Å². The van der Waals surface area contributed by atoms with Crippen molar-refractivity contribution in [2.45, 2.75) is 46.0 Å². The number of methoxy groups -OCH3 is 1. The van der Waals surface area contributed by atoms with Gasteiger partial charge >= 0.3 is 0 Å². The molecule has 0 saturated heterocycles. The fourth-order valence-electron chi connectivity index (χ4n) is 3.66. The van der Waals surface area contributed by atoms with Crippen LogP contribution in [-0.2, 0) is 9.59 Å². The number of hydrogen-bond donors (Lipinski definition) is 2. The highest BCUT2D eigenvalue weighted by atomic mass is 16.5. The lowest BCUT2D eigenvalue weighted by molar-refractivity contribution is -0.122. The zero-order valence-corrected chi connectivity index (χ0v) is 17.8. The van der Waals surface area contributed by atoms with Crippen molar-refractivity contribution in [3.63, 3.8) is 0 Å². The van der Waals surface area contributed by atoms with Gasteiger partial charge in [0.25, 0.3) is 0 Å². The topological polar surface area (TPSA) is 67.4 Å². The molecule has 0 radical (unpaired) electrons. The van der Waals surface area contributed by atoms with Crippen molar-refractivity contribution in [2.24, 2.45) is 11.8 Å². The number of nitrogens with one attached hydrogen (secondary N) is 2. The molecule has 2 aromatic rings. The van der Waals surface area contributed by atoms with E-state index in [1.807, 2.05) is 18.2 Å². The lowest BCUT2D eigenvalue weighted by Crippen LogP contribution is -2.22. The Morgan fingerprint density at radius 3 is 1.97 bits per heavy atom. The molecule has 1 saturated carbocycles. The largest absolute Gasteiger partial charge is 0.495 e. The second-order valence-corrected chi connectivity index (χ2v) is 8.25. The van der Waals surface area contributed by atoms with Gasteiger partial charge < -0.3 is 15.4 Å². The summed E-state index contributed by atoms with van der Waals surface area (Å²) in [6, 6.07) is 13.4. The molecule has 0 bridgehead atoms. The molecule has 1 aliphatic carbocycles. The highest BCUT2D eigenvalue weighted by Crippen LogP contribution is 2.42. The van der Waals surface area contributed by atoms with E-state index in [-0.39, 0.29) is 23.7 Å². The fraction of sp³-hybridized carbons (Fsp3) is 0.417. The summed E-state index contributed by atoms with van der Waals surface area (Å²) in [7, 11) is 1.57. The molecule has 5 heteroatoms. The van der Waals surface area contributed by atoms with Crippen molar-refractivity contribution in [3.05, 3.63) is 53.6 Å². The molecule has 2 N–H and O–H groups in total. The summed E-state index contributed by atoms with van der Waals surface area (Å²) in [5.41, 5.74) is 3.78. The maximum Gasteiger partial charge on any atom is 0.228 e. The Bertz CT molecular complexity index is 878. The predicted octanol–water partition coefficient (Wildman–Crippen LogP) is 5.16. The van der Waals surface area contributed by atoms with Crippen LogP contribution in [-0.4, -0.2) is 18.9 Å². The summed E-state index contributed by atoms with van der Waals surface area (Å²) in [5.74, 6) is 0.366. The minimum Gasteiger partial charge on any atom is -0.495 e. The van der Waals surface area contributed by atoms with Gasteiger partial charge in [0.2, 0.25) is 11.8 Å². The van der Waals surface area contributed by atoms with Gasteiger partial charge in [-0.1, -0.05) is 58.0 Å². The molecule has 2 aromatic carbocycles. The summed E-state index contributed by atoms with van der Waals surface area (Å²) >= 11 is 0. The van der Waals surface area contributed by atoms with Crippen LogP contribution in [0.15, 0.2) is 42.5 Å². The molecule has 5 nitrogen and oxygen atoms in total. The molecular weight excluding hydrogens is 364 g/mol. The van der Waals surface area contributed by atoms with Crippen LogP contribution in [0.5, 0.6) is 5.75 Å². The van der Waals surface area contributed by atoms with Gasteiger partial charge in [-0.05, 0) is 41.5 Å². The first-order chi connectivity index (χ1) is 13.8. The van der Waals surface area contributed by atoms with E-state index in [0.29, 0.717) is 29.7 Å². The zero-order chi connectivity index (χ0) is 21.1. The molecule has 0 aliphatic heterocycles. The Morgan fingerprint density at radius 2 is 1.41 bits per heavy atom. The van der Waals surface area contributed by atoms with E-state index >= 15 is 0 Å². The van der Waals surface area contributed by atoms with Gasteiger partial charge in [0.1, 0.15) is 5.75 Å². The molecule has 29 heavy (non-hydrogen) atoms. The number of carbonyl (C=O) groups is 2. The van der Waals surface area contributed by atoms with Crippen molar-refractivity contribution in [1.82, 2.24) is 0 Å². The fourth-order valence-corrected chi connectivity index (χ4v) is 3.66. The lowest BCUT2D eigenvalue weighted by atomic mass is 9.92. The second-order valence-electron chi connectivity index (χ2n) is 8.25. The van der Waals surface area contributed by atoms with Gasteiger partial charge in [0, 0.05) is 5.69 Å².